The molecule has 0 saturated carbocycles. The zero-order chi connectivity index (χ0) is 13.2. The first-order valence-corrected chi connectivity index (χ1v) is 5.94. The lowest BCUT2D eigenvalue weighted by atomic mass is 10.2. The van der Waals surface area contributed by atoms with Crippen LogP contribution in [0.25, 0.3) is 17.2 Å². The molecule has 3 rings (SSSR count). The first kappa shape index (κ1) is 11.4. The van der Waals surface area contributed by atoms with Crippen LogP contribution in [0.5, 0.6) is 0 Å². The van der Waals surface area contributed by atoms with Gasteiger partial charge in [0.15, 0.2) is 11.6 Å². The number of nitrogens with two attached hydrogens (primary N) is 1. The summed E-state index contributed by atoms with van der Waals surface area (Å²) < 4.78 is 1.67. The number of nitrogens with zero attached hydrogens (tertiary/aromatic N) is 4. The second-order valence-electron chi connectivity index (χ2n) is 4.27. The number of anilines is 1. The third-order valence-electron chi connectivity index (χ3n) is 2.77. The number of aromatic nitrogens is 4. The van der Waals surface area contributed by atoms with Gasteiger partial charge in [-0.2, -0.15) is 0 Å². The van der Waals surface area contributed by atoms with E-state index in [0.29, 0.717) is 5.82 Å². The number of rotatable bonds is 2. The van der Waals surface area contributed by atoms with Gasteiger partial charge in [0.05, 0.1) is 0 Å². The maximum Gasteiger partial charge on any atom is 0.181 e. The Morgan fingerprint density at radius 1 is 1.05 bits per heavy atom. The van der Waals surface area contributed by atoms with Crippen molar-refractivity contribution in [1.29, 1.82) is 0 Å². The molecule has 0 bridgehead atoms. The van der Waals surface area contributed by atoms with Crippen molar-refractivity contribution in [2.24, 2.45) is 0 Å². The summed E-state index contributed by atoms with van der Waals surface area (Å²) in [5, 5.41) is 4.42. The molecule has 5 heteroatoms. The molecular formula is C14H13N5. The van der Waals surface area contributed by atoms with Gasteiger partial charge >= 0.3 is 0 Å². The number of hydrogen-bond donors (Lipinski definition) is 1. The molecule has 3 aromatic rings. The van der Waals surface area contributed by atoms with Crippen molar-refractivity contribution in [1.82, 2.24) is 19.7 Å². The van der Waals surface area contributed by atoms with Crippen LogP contribution in [0.2, 0.25) is 0 Å². The summed E-state index contributed by atoms with van der Waals surface area (Å²) in [6.45, 7) is 1.95. The van der Waals surface area contributed by atoms with Gasteiger partial charge in [0.2, 0.25) is 0 Å². The summed E-state index contributed by atoms with van der Waals surface area (Å²) >= 11 is 0. The summed E-state index contributed by atoms with van der Waals surface area (Å²) in [6.07, 6.45) is 1.66. The van der Waals surface area contributed by atoms with Crippen LogP contribution >= 0.6 is 0 Å². The van der Waals surface area contributed by atoms with E-state index >= 15 is 0 Å². The summed E-state index contributed by atoms with van der Waals surface area (Å²) in [5.74, 6) is 1.41. The van der Waals surface area contributed by atoms with Gasteiger partial charge in [0.1, 0.15) is 6.33 Å². The van der Waals surface area contributed by atoms with E-state index in [1.165, 1.54) is 0 Å². The van der Waals surface area contributed by atoms with Crippen molar-refractivity contribution >= 4 is 5.69 Å². The quantitative estimate of drug-likeness (QED) is 0.709. The highest BCUT2D eigenvalue weighted by Gasteiger charge is 2.06. The standard InChI is InChI=1S/C14H13N5/c1-10-3-2-4-13(17-10)19-9-16-14(18-19)11-5-7-12(15)8-6-11/h2-9H,15H2,1H3. The zero-order valence-electron chi connectivity index (χ0n) is 10.5. The summed E-state index contributed by atoms with van der Waals surface area (Å²) in [5.41, 5.74) is 8.26. The monoisotopic (exact) mass is 251 g/mol. The van der Waals surface area contributed by atoms with Crippen molar-refractivity contribution in [3.8, 4) is 17.2 Å². The molecule has 0 saturated heterocycles. The predicted octanol–water partition coefficient (Wildman–Crippen LogP) is 2.22. The highest BCUT2D eigenvalue weighted by atomic mass is 15.4. The lowest BCUT2D eigenvalue weighted by Gasteiger charge is -2.00. The number of pyridine rings is 1. The number of benzene rings is 1. The van der Waals surface area contributed by atoms with E-state index in [4.69, 9.17) is 5.73 Å². The molecule has 2 aromatic heterocycles. The molecule has 0 aliphatic rings. The lowest BCUT2D eigenvalue weighted by molar-refractivity contribution is 0.842. The molecule has 0 atom stereocenters. The minimum Gasteiger partial charge on any atom is -0.399 e. The van der Waals surface area contributed by atoms with Crippen LogP contribution < -0.4 is 5.73 Å². The molecule has 0 aliphatic heterocycles. The minimum atomic E-state index is 0.656. The van der Waals surface area contributed by atoms with Crippen LogP contribution in [0.1, 0.15) is 5.69 Å². The van der Waals surface area contributed by atoms with Gasteiger partial charge in [0.25, 0.3) is 0 Å². The molecule has 5 nitrogen and oxygen atoms in total. The highest BCUT2D eigenvalue weighted by molar-refractivity contribution is 5.58. The van der Waals surface area contributed by atoms with Gasteiger partial charge in [-0.25, -0.2) is 14.6 Å². The molecular weight excluding hydrogens is 238 g/mol. The van der Waals surface area contributed by atoms with E-state index < -0.39 is 0 Å². The smallest absolute Gasteiger partial charge is 0.181 e. The van der Waals surface area contributed by atoms with Crippen LogP contribution in [0.3, 0.4) is 0 Å². The number of aryl methyl sites for hydroxylation is 1. The molecule has 0 spiro atoms. The Balaban J connectivity index is 1.97. The van der Waals surface area contributed by atoms with Crippen molar-refractivity contribution < 1.29 is 0 Å². The molecule has 1 aromatic carbocycles. The van der Waals surface area contributed by atoms with E-state index in [0.717, 1.165) is 22.8 Å². The maximum atomic E-state index is 5.66. The van der Waals surface area contributed by atoms with Crippen LogP contribution in [-0.2, 0) is 0 Å². The zero-order valence-corrected chi connectivity index (χ0v) is 10.5. The van der Waals surface area contributed by atoms with Crippen LogP contribution in [0, 0.1) is 6.92 Å². The fourth-order valence-electron chi connectivity index (χ4n) is 1.79. The van der Waals surface area contributed by atoms with Crippen molar-refractivity contribution in [3.05, 3.63) is 54.5 Å². The third kappa shape index (κ3) is 2.30. The van der Waals surface area contributed by atoms with E-state index in [2.05, 4.69) is 15.1 Å². The molecule has 0 radical (unpaired) electrons. The minimum absolute atomic E-state index is 0.656. The Bertz CT molecular complexity index is 700. The topological polar surface area (TPSA) is 69.6 Å². The second-order valence-corrected chi connectivity index (χ2v) is 4.27. The van der Waals surface area contributed by atoms with E-state index in [9.17, 15) is 0 Å². The number of nitrogen functional groups attached to an aromatic ring is 1. The van der Waals surface area contributed by atoms with Crippen LogP contribution in [-0.4, -0.2) is 19.7 Å². The second kappa shape index (κ2) is 4.53. The Kier molecular flexibility index (Phi) is 2.72. The van der Waals surface area contributed by atoms with E-state index in [1.54, 1.807) is 11.0 Å². The fourth-order valence-corrected chi connectivity index (χ4v) is 1.79. The Morgan fingerprint density at radius 2 is 1.84 bits per heavy atom. The molecule has 0 aliphatic carbocycles. The van der Waals surface area contributed by atoms with Crippen molar-refractivity contribution in [2.45, 2.75) is 6.92 Å². The van der Waals surface area contributed by atoms with Crippen molar-refractivity contribution in [3.63, 3.8) is 0 Å². The van der Waals surface area contributed by atoms with E-state index in [1.807, 2.05) is 49.4 Å². The molecule has 19 heavy (non-hydrogen) atoms. The van der Waals surface area contributed by atoms with Crippen LogP contribution in [0.4, 0.5) is 5.69 Å². The molecule has 2 heterocycles. The Labute approximate surface area is 110 Å². The van der Waals surface area contributed by atoms with E-state index in [-0.39, 0.29) is 0 Å². The van der Waals surface area contributed by atoms with Gasteiger partial charge in [-0.05, 0) is 43.3 Å². The van der Waals surface area contributed by atoms with Gasteiger partial charge in [0, 0.05) is 16.9 Å². The van der Waals surface area contributed by atoms with Crippen molar-refractivity contribution in [2.75, 3.05) is 5.73 Å². The van der Waals surface area contributed by atoms with Gasteiger partial charge in [-0.3, -0.25) is 0 Å². The summed E-state index contributed by atoms with van der Waals surface area (Å²) in [7, 11) is 0. The normalized spacial score (nSPS) is 10.6. The van der Waals surface area contributed by atoms with Gasteiger partial charge < -0.3 is 5.73 Å². The predicted molar refractivity (Wildman–Crippen MR) is 73.7 cm³/mol. The molecule has 2 N–H and O–H groups in total. The molecule has 0 fully saturated rings. The Hall–Kier alpha value is -2.69. The first-order valence-electron chi connectivity index (χ1n) is 5.94. The molecule has 0 unspecified atom stereocenters. The largest absolute Gasteiger partial charge is 0.399 e. The maximum absolute atomic E-state index is 5.66. The fraction of sp³-hybridized carbons (Fsp3) is 0.0714. The molecule has 94 valence electrons. The average Bonchev–Trinajstić information content (AvgIpc) is 2.89. The van der Waals surface area contributed by atoms with Crippen LogP contribution in [0.15, 0.2) is 48.8 Å². The van der Waals surface area contributed by atoms with Gasteiger partial charge in [-0.15, -0.1) is 5.10 Å². The third-order valence-corrected chi connectivity index (χ3v) is 2.77. The summed E-state index contributed by atoms with van der Waals surface area (Å²) in [6, 6.07) is 13.3. The molecule has 0 amide bonds. The highest BCUT2D eigenvalue weighted by Crippen LogP contribution is 2.16. The lowest BCUT2D eigenvalue weighted by Crippen LogP contribution is -1.99. The Morgan fingerprint density at radius 3 is 2.58 bits per heavy atom. The number of hydrogen-bond acceptors (Lipinski definition) is 4. The SMILES string of the molecule is Cc1cccc(-n2cnc(-c3ccc(N)cc3)n2)n1. The van der Waals surface area contributed by atoms with Gasteiger partial charge in [-0.1, -0.05) is 6.07 Å². The summed E-state index contributed by atoms with van der Waals surface area (Å²) in [4.78, 5) is 8.70. The first-order chi connectivity index (χ1) is 9.22. The average molecular weight is 251 g/mol.